The number of benzene rings is 1. The van der Waals surface area contributed by atoms with E-state index in [2.05, 4.69) is 9.97 Å². The van der Waals surface area contributed by atoms with Crippen LogP contribution in [0, 0.1) is 0 Å². The summed E-state index contributed by atoms with van der Waals surface area (Å²) in [4.78, 5) is 17.2. The zero-order chi connectivity index (χ0) is 11.7. The maximum Gasteiger partial charge on any atom is 0.353 e. The Kier molecular flexibility index (Phi) is 2.85. The lowest BCUT2D eigenvalue weighted by Crippen LogP contribution is -1.95. The van der Waals surface area contributed by atoms with Gasteiger partial charge in [-0.3, -0.25) is 0 Å². The number of halogens is 2. The second-order valence-corrected chi connectivity index (χ2v) is 3.98. The molecule has 82 valence electrons. The monoisotopic (exact) mass is 256 g/mol. The van der Waals surface area contributed by atoms with Crippen LogP contribution in [0.5, 0.6) is 0 Å². The molecule has 0 aliphatic rings. The van der Waals surface area contributed by atoms with Gasteiger partial charge in [-0.25, -0.2) is 9.78 Å². The predicted octanol–water partition coefficient (Wildman–Crippen LogP) is 3.08. The van der Waals surface area contributed by atoms with E-state index >= 15 is 0 Å². The third-order valence-corrected chi connectivity index (χ3v) is 2.38. The summed E-state index contributed by atoms with van der Waals surface area (Å²) < 4.78 is 0. The molecule has 4 nitrogen and oxygen atoms in total. The van der Waals surface area contributed by atoms with E-state index in [0.717, 1.165) is 0 Å². The Labute approximate surface area is 101 Å². The number of aromatic amines is 1. The molecule has 0 saturated heterocycles. The molecule has 0 saturated carbocycles. The summed E-state index contributed by atoms with van der Waals surface area (Å²) in [5.41, 5.74) is 0.663. The molecular weight excluding hydrogens is 251 g/mol. The molecule has 16 heavy (non-hydrogen) atoms. The molecule has 0 aliphatic carbocycles. The molecule has 1 aromatic heterocycles. The second kappa shape index (κ2) is 4.15. The fourth-order valence-corrected chi connectivity index (χ4v) is 1.79. The van der Waals surface area contributed by atoms with Gasteiger partial charge in [0.25, 0.3) is 0 Å². The van der Waals surface area contributed by atoms with Gasteiger partial charge in [0, 0.05) is 15.6 Å². The highest BCUT2D eigenvalue weighted by Gasteiger charge is 2.09. The molecule has 6 heteroatoms. The molecule has 2 aromatic rings. The number of aromatic carboxylic acids is 1. The van der Waals surface area contributed by atoms with Gasteiger partial charge in [0.15, 0.2) is 0 Å². The summed E-state index contributed by atoms with van der Waals surface area (Å²) >= 11 is 11.7. The summed E-state index contributed by atoms with van der Waals surface area (Å²) in [7, 11) is 0. The highest BCUT2D eigenvalue weighted by Crippen LogP contribution is 2.25. The van der Waals surface area contributed by atoms with Gasteiger partial charge >= 0.3 is 5.97 Å². The first-order valence-corrected chi connectivity index (χ1v) is 5.06. The molecule has 0 atom stereocenters. The molecule has 0 unspecified atom stereocenters. The van der Waals surface area contributed by atoms with Gasteiger partial charge in [-0.15, -0.1) is 0 Å². The van der Waals surface area contributed by atoms with Crippen molar-refractivity contribution in [2.24, 2.45) is 0 Å². The quantitative estimate of drug-likeness (QED) is 0.868. The first kappa shape index (κ1) is 11.0. The highest BCUT2D eigenvalue weighted by atomic mass is 35.5. The van der Waals surface area contributed by atoms with Crippen molar-refractivity contribution >= 4 is 29.2 Å². The lowest BCUT2D eigenvalue weighted by atomic mass is 10.2. The van der Waals surface area contributed by atoms with Crippen LogP contribution >= 0.6 is 23.2 Å². The van der Waals surface area contributed by atoms with Crippen molar-refractivity contribution in [1.82, 2.24) is 9.97 Å². The molecular formula is C10H6Cl2N2O2. The smallest absolute Gasteiger partial charge is 0.353 e. The molecule has 0 bridgehead atoms. The molecule has 2 N–H and O–H groups in total. The summed E-state index contributed by atoms with van der Waals surface area (Å²) in [6.45, 7) is 0. The first-order valence-electron chi connectivity index (χ1n) is 4.31. The van der Waals surface area contributed by atoms with E-state index in [1.165, 1.54) is 6.20 Å². The van der Waals surface area contributed by atoms with Crippen LogP contribution in [0.3, 0.4) is 0 Å². The van der Waals surface area contributed by atoms with Gasteiger partial charge in [0.1, 0.15) is 11.5 Å². The van der Waals surface area contributed by atoms with Crippen molar-refractivity contribution < 1.29 is 9.90 Å². The molecule has 0 radical (unpaired) electrons. The number of hydrogen-bond acceptors (Lipinski definition) is 2. The van der Waals surface area contributed by atoms with Crippen LogP contribution in [-0.4, -0.2) is 21.0 Å². The van der Waals surface area contributed by atoms with Gasteiger partial charge in [-0.1, -0.05) is 23.2 Å². The van der Waals surface area contributed by atoms with Crippen molar-refractivity contribution in [3.05, 3.63) is 40.1 Å². The summed E-state index contributed by atoms with van der Waals surface area (Å²) in [5.74, 6) is -0.645. The van der Waals surface area contributed by atoms with Crippen LogP contribution < -0.4 is 0 Å². The van der Waals surface area contributed by atoms with Gasteiger partial charge < -0.3 is 10.1 Å². The van der Waals surface area contributed by atoms with Gasteiger partial charge in [-0.2, -0.15) is 0 Å². The van der Waals surface area contributed by atoms with Crippen molar-refractivity contribution in [2.45, 2.75) is 0 Å². The Bertz CT molecular complexity index is 531. The summed E-state index contributed by atoms with van der Waals surface area (Å²) in [6, 6.07) is 4.89. The van der Waals surface area contributed by atoms with Crippen LogP contribution in [0.4, 0.5) is 0 Å². The van der Waals surface area contributed by atoms with E-state index in [0.29, 0.717) is 21.4 Å². The largest absolute Gasteiger partial charge is 0.477 e. The zero-order valence-corrected chi connectivity index (χ0v) is 9.38. The average Bonchev–Trinajstić information content (AvgIpc) is 2.64. The maximum absolute atomic E-state index is 10.7. The second-order valence-electron chi connectivity index (χ2n) is 3.11. The van der Waals surface area contributed by atoms with E-state index in [4.69, 9.17) is 28.3 Å². The number of imidazole rings is 1. The van der Waals surface area contributed by atoms with Gasteiger partial charge in [-0.05, 0) is 18.2 Å². The Morgan fingerprint density at radius 3 is 2.38 bits per heavy atom. The number of rotatable bonds is 2. The van der Waals surface area contributed by atoms with E-state index in [-0.39, 0.29) is 5.69 Å². The minimum Gasteiger partial charge on any atom is -0.477 e. The van der Waals surface area contributed by atoms with Crippen molar-refractivity contribution in [2.75, 3.05) is 0 Å². The minimum atomic E-state index is -1.06. The average molecular weight is 257 g/mol. The van der Waals surface area contributed by atoms with E-state index in [1.807, 2.05) is 0 Å². The Morgan fingerprint density at radius 2 is 1.88 bits per heavy atom. The number of aromatic nitrogens is 2. The molecule has 0 aliphatic heterocycles. The van der Waals surface area contributed by atoms with Crippen LogP contribution in [0.2, 0.25) is 10.0 Å². The Morgan fingerprint density at radius 1 is 1.25 bits per heavy atom. The molecule has 2 rings (SSSR count). The maximum atomic E-state index is 10.7. The predicted molar refractivity (Wildman–Crippen MR) is 61.0 cm³/mol. The number of carbonyl (C=O) groups is 1. The first-order chi connectivity index (χ1) is 7.56. The standard InChI is InChI=1S/C10H6Cl2N2O2/c11-6-1-5(2-7(12)3-6)9-13-4-8(14-9)10(15)16/h1-4H,(H,13,14)(H,15,16). The topological polar surface area (TPSA) is 66.0 Å². The molecule has 1 heterocycles. The number of carboxylic acid groups (broad SMARTS) is 1. The molecule has 1 aromatic carbocycles. The van der Waals surface area contributed by atoms with Crippen LogP contribution in [0.25, 0.3) is 11.4 Å². The highest BCUT2D eigenvalue weighted by molar-refractivity contribution is 6.35. The number of hydrogen-bond donors (Lipinski definition) is 2. The zero-order valence-electron chi connectivity index (χ0n) is 7.87. The summed E-state index contributed by atoms with van der Waals surface area (Å²) in [6.07, 6.45) is 1.24. The third kappa shape index (κ3) is 2.18. The van der Waals surface area contributed by atoms with E-state index in [1.54, 1.807) is 18.2 Å². The fourth-order valence-electron chi connectivity index (χ4n) is 1.27. The van der Waals surface area contributed by atoms with Crippen molar-refractivity contribution in [1.29, 1.82) is 0 Å². The fraction of sp³-hybridized carbons (Fsp3) is 0. The number of carboxylic acids is 1. The van der Waals surface area contributed by atoms with Crippen LogP contribution in [0.1, 0.15) is 10.5 Å². The number of nitrogens with zero attached hydrogens (tertiary/aromatic N) is 1. The van der Waals surface area contributed by atoms with E-state index in [9.17, 15) is 4.79 Å². The lowest BCUT2D eigenvalue weighted by molar-refractivity contribution is 0.0691. The van der Waals surface area contributed by atoms with Gasteiger partial charge in [0.05, 0.1) is 6.20 Å². The Balaban J connectivity index is 2.46. The lowest BCUT2D eigenvalue weighted by Gasteiger charge is -1.99. The van der Waals surface area contributed by atoms with Gasteiger partial charge in [0.2, 0.25) is 0 Å². The van der Waals surface area contributed by atoms with Crippen molar-refractivity contribution in [3.63, 3.8) is 0 Å². The SMILES string of the molecule is O=C(O)c1cnc(-c2cc(Cl)cc(Cl)c2)[nH]1. The van der Waals surface area contributed by atoms with Crippen LogP contribution in [0.15, 0.2) is 24.4 Å². The van der Waals surface area contributed by atoms with E-state index < -0.39 is 5.97 Å². The van der Waals surface area contributed by atoms with Crippen molar-refractivity contribution in [3.8, 4) is 11.4 Å². The molecule has 0 fully saturated rings. The number of nitrogens with one attached hydrogen (secondary N) is 1. The summed E-state index contributed by atoms with van der Waals surface area (Å²) in [5, 5.41) is 9.67. The van der Waals surface area contributed by atoms with Crippen LogP contribution in [-0.2, 0) is 0 Å². The third-order valence-electron chi connectivity index (χ3n) is 1.94. The molecule has 0 amide bonds. The molecule has 0 spiro atoms. The normalized spacial score (nSPS) is 10.4. The minimum absolute atomic E-state index is 0.0195. The Hall–Kier alpha value is -1.52. The number of H-pyrrole nitrogens is 1.